The molecule has 0 saturated heterocycles. The minimum Gasteiger partial charge on any atom is -0.398 e. The van der Waals surface area contributed by atoms with Crippen LogP contribution in [0.15, 0.2) is 18.2 Å². The van der Waals surface area contributed by atoms with Gasteiger partial charge < -0.3 is 5.73 Å². The van der Waals surface area contributed by atoms with Crippen LogP contribution in [0.3, 0.4) is 0 Å². The minimum absolute atomic E-state index is 0.0452. The van der Waals surface area contributed by atoms with Crippen LogP contribution in [-0.2, 0) is 0 Å². The van der Waals surface area contributed by atoms with E-state index in [4.69, 9.17) is 5.73 Å². The van der Waals surface area contributed by atoms with Gasteiger partial charge in [-0.15, -0.1) is 0 Å². The summed E-state index contributed by atoms with van der Waals surface area (Å²) in [6, 6.07) is 2.97. The second kappa shape index (κ2) is 3.48. The lowest BCUT2D eigenvalue weighted by molar-refractivity contribution is -0.146. The summed E-state index contributed by atoms with van der Waals surface area (Å²) in [6.07, 6.45) is -4.40. The van der Waals surface area contributed by atoms with E-state index in [1.165, 1.54) is 0 Å². The van der Waals surface area contributed by atoms with E-state index in [1.54, 1.807) is 0 Å². The second-order valence-electron chi connectivity index (χ2n) is 3.04. The van der Waals surface area contributed by atoms with Crippen LogP contribution in [0.1, 0.15) is 18.4 Å². The number of rotatable bonds is 1. The fourth-order valence-corrected chi connectivity index (χ4v) is 1.10. The lowest BCUT2D eigenvalue weighted by atomic mass is 9.99. The molecule has 1 atom stereocenters. The summed E-state index contributed by atoms with van der Waals surface area (Å²) in [6.45, 7) is 0.950. The molecule has 0 aromatic heterocycles. The molecule has 0 saturated carbocycles. The molecule has 0 radical (unpaired) electrons. The van der Waals surface area contributed by atoms with E-state index in [2.05, 4.69) is 0 Å². The predicted molar refractivity (Wildman–Crippen MR) is 45.3 cm³/mol. The van der Waals surface area contributed by atoms with Crippen LogP contribution in [0.5, 0.6) is 0 Å². The van der Waals surface area contributed by atoms with Gasteiger partial charge in [0.05, 0.1) is 5.92 Å². The number of hydrogen-bond acceptors (Lipinski definition) is 1. The zero-order chi connectivity index (χ0) is 10.9. The Bertz CT molecular complexity index is 332. The Kier molecular flexibility index (Phi) is 2.69. The number of benzene rings is 1. The number of nitrogens with two attached hydrogens (primary N) is 1. The van der Waals surface area contributed by atoms with Gasteiger partial charge in [-0.25, -0.2) is 4.39 Å². The Labute approximate surface area is 78.5 Å². The maximum absolute atomic E-state index is 12.7. The Morgan fingerprint density at radius 3 is 2.36 bits per heavy atom. The van der Waals surface area contributed by atoms with Crippen molar-refractivity contribution in [3.05, 3.63) is 29.6 Å². The molecule has 14 heavy (non-hydrogen) atoms. The van der Waals surface area contributed by atoms with Crippen LogP contribution in [0, 0.1) is 5.82 Å². The third-order valence-corrected chi connectivity index (χ3v) is 2.01. The van der Waals surface area contributed by atoms with E-state index in [-0.39, 0.29) is 11.3 Å². The smallest absolute Gasteiger partial charge is 0.395 e. The first-order valence-electron chi connectivity index (χ1n) is 3.94. The first-order valence-corrected chi connectivity index (χ1v) is 3.94. The Balaban J connectivity index is 3.12. The maximum Gasteiger partial charge on any atom is 0.395 e. The van der Waals surface area contributed by atoms with Crippen molar-refractivity contribution in [1.29, 1.82) is 0 Å². The summed E-state index contributed by atoms with van der Waals surface area (Å²) in [7, 11) is 0. The van der Waals surface area contributed by atoms with E-state index in [1.807, 2.05) is 0 Å². The summed E-state index contributed by atoms with van der Waals surface area (Å²) >= 11 is 0. The number of alkyl halides is 3. The highest BCUT2D eigenvalue weighted by Crippen LogP contribution is 2.36. The Morgan fingerprint density at radius 2 is 1.86 bits per heavy atom. The van der Waals surface area contributed by atoms with Gasteiger partial charge in [0.2, 0.25) is 0 Å². The molecule has 1 nitrogen and oxygen atoms in total. The van der Waals surface area contributed by atoms with Crippen molar-refractivity contribution in [2.24, 2.45) is 0 Å². The van der Waals surface area contributed by atoms with Crippen LogP contribution in [-0.4, -0.2) is 6.18 Å². The molecule has 0 aliphatic heterocycles. The highest BCUT2D eigenvalue weighted by Gasteiger charge is 2.38. The standard InChI is InChI=1S/C9H9F4N/c1-5(9(11,12)13)7-4-6(10)2-3-8(7)14/h2-5H,14H2,1H3. The van der Waals surface area contributed by atoms with Gasteiger partial charge in [0.15, 0.2) is 0 Å². The van der Waals surface area contributed by atoms with Crippen LogP contribution in [0.25, 0.3) is 0 Å². The van der Waals surface area contributed by atoms with Gasteiger partial charge in [0, 0.05) is 5.69 Å². The normalized spacial score (nSPS) is 14.1. The second-order valence-corrected chi connectivity index (χ2v) is 3.04. The van der Waals surface area contributed by atoms with Gasteiger partial charge in [-0.1, -0.05) is 0 Å². The number of halogens is 4. The molecule has 1 rings (SSSR count). The largest absolute Gasteiger partial charge is 0.398 e. The molecule has 1 aromatic rings. The SMILES string of the molecule is CC(c1cc(F)ccc1N)C(F)(F)F. The Hall–Kier alpha value is -1.26. The van der Waals surface area contributed by atoms with Crippen LogP contribution in [0.2, 0.25) is 0 Å². The molecule has 0 aliphatic rings. The summed E-state index contributed by atoms with van der Waals surface area (Å²) in [5, 5.41) is 0. The van der Waals surface area contributed by atoms with Gasteiger partial charge in [0.1, 0.15) is 5.82 Å². The van der Waals surface area contributed by atoms with E-state index in [0.717, 1.165) is 25.1 Å². The van der Waals surface area contributed by atoms with E-state index in [0.29, 0.717) is 0 Å². The quantitative estimate of drug-likeness (QED) is 0.555. The number of anilines is 1. The molecule has 1 aromatic carbocycles. The molecule has 2 N–H and O–H groups in total. The molecule has 0 heterocycles. The van der Waals surface area contributed by atoms with Crippen molar-refractivity contribution in [3.8, 4) is 0 Å². The maximum atomic E-state index is 12.7. The van der Waals surface area contributed by atoms with E-state index >= 15 is 0 Å². The van der Waals surface area contributed by atoms with Crippen molar-refractivity contribution >= 4 is 5.69 Å². The zero-order valence-electron chi connectivity index (χ0n) is 7.40. The van der Waals surface area contributed by atoms with Crippen molar-refractivity contribution in [2.45, 2.75) is 19.0 Å². The average molecular weight is 207 g/mol. The van der Waals surface area contributed by atoms with E-state index in [9.17, 15) is 17.6 Å². The van der Waals surface area contributed by atoms with Gasteiger partial charge >= 0.3 is 6.18 Å². The highest BCUT2D eigenvalue weighted by atomic mass is 19.4. The zero-order valence-corrected chi connectivity index (χ0v) is 7.40. The third-order valence-electron chi connectivity index (χ3n) is 2.01. The molecule has 0 amide bonds. The van der Waals surface area contributed by atoms with Crippen molar-refractivity contribution < 1.29 is 17.6 Å². The first kappa shape index (κ1) is 10.8. The molecule has 0 fully saturated rings. The van der Waals surface area contributed by atoms with Gasteiger partial charge in [-0.2, -0.15) is 13.2 Å². The monoisotopic (exact) mass is 207 g/mol. The highest BCUT2D eigenvalue weighted by molar-refractivity contribution is 5.49. The molecule has 0 bridgehead atoms. The lowest BCUT2D eigenvalue weighted by Crippen LogP contribution is -2.19. The molecule has 5 heteroatoms. The summed E-state index contributed by atoms with van der Waals surface area (Å²) in [5.74, 6) is -2.47. The third kappa shape index (κ3) is 2.16. The fraction of sp³-hybridized carbons (Fsp3) is 0.333. The van der Waals surface area contributed by atoms with Gasteiger partial charge in [0.25, 0.3) is 0 Å². The molecule has 0 aliphatic carbocycles. The summed E-state index contributed by atoms with van der Waals surface area (Å²) in [4.78, 5) is 0. The Morgan fingerprint density at radius 1 is 1.29 bits per heavy atom. The van der Waals surface area contributed by atoms with Crippen molar-refractivity contribution in [1.82, 2.24) is 0 Å². The van der Waals surface area contributed by atoms with Crippen molar-refractivity contribution in [2.75, 3.05) is 5.73 Å². The predicted octanol–water partition coefficient (Wildman–Crippen LogP) is 3.07. The fourth-order valence-electron chi connectivity index (χ4n) is 1.10. The molecule has 1 unspecified atom stereocenters. The van der Waals surface area contributed by atoms with Gasteiger partial charge in [-0.3, -0.25) is 0 Å². The number of hydrogen-bond donors (Lipinski definition) is 1. The molecular weight excluding hydrogens is 198 g/mol. The van der Waals surface area contributed by atoms with Crippen LogP contribution < -0.4 is 5.73 Å². The van der Waals surface area contributed by atoms with Gasteiger partial charge in [-0.05, 0) is 30.7 Å². The minimum atomic E-state index is -4.40. The van der Waals surface area contributed by atoms with Crippen molar-refractivity contribution in [3.63, 3.8) is 0 Å². The van der Waals surface area contributed by atoms with Crippen LogP contribution in [0.4, 0.5) is 23.2 Å². The van der Waals surface area contributed by atoms with E-state index < -0.39 is 17.9 Å². The molecular formula is C9H9F4N. The topological polar surface area (TPSA) is 26.0 Å². The summed E-state index contributed by atoms with van der Waals surface area (Å²) in [5.41, 5.74) is 5.05. The molecule has 78 valence electrons. The first-order chi connectivity index (χ1) is 6.32. The number of nitrogen functional groups attached to an aromatic ring is 1. The molecule has 0 spiro atoms. The summed E-state index contributed by atoms with van der Waals surface area (Å²) < 4.78 is 49.5. The van der Waals surface area contributed by atoms with Crippen LogP contribution >= 0.6 is 0 Å². The lowest BCUT2D eigenvalue weighted by Gasteiger charge is -2.17. The average Bonchev–Trinajstić information content (AvgIpc) is 2.06.